The molecule has 0 saturated heterocycles. The maximum atomic E-state index is 12.0. The average molecular weight is 277 g/mol. The smallest absolute Gasteiger partial charge is 0.327 e. The molecule has 0 spiro atoms. The van der Waals surface area contributed by atoms with Crippen molar-refractivity contribution in [2.24, 2.45) is 0 Å². The zero-order valence-electron chi connectivity index (χ0n) is 11.6. The molecule has 1 aliphatic heterocycles. The van der Waals surface area contributed by atoms with Gasteiger partial charge in [0.25, 0.3) is 0 Å². The fourth-order valence-electron chi connectivity index (χ4n) is 2.00. The fourth-order valence-corrected chi connectivity index (χ4v) is 2.00. The second-order valence-electron chi connectivity index (χ2n) is 4.29. The lowest BCUT2D eigenvalue weighted by molar-refractivity contribution is -0.145. The summed E-state index contributed by atoms with van der Waals surface area (Å²) in [6, 6.07) is 4.92. The van der Waals surface area contributed by atoms with Gasteiger partial charge in [-0.2, -0.15) is 0 Å². The largest absolute Gasteiger partial charge is 0.486 e. The van der Waals surface area contributed by atoms with E-state index in [0.29, 0.717) is 37.9 Å². The number of ether oxygens (including phenoxy) is 3. The Morgan fingerprint density at radius 3 is 2.90 bits per heavy atom. The van der Waals surface area contributed by atoms with Crippen LogP contribution in [0.3, 0.4) is 0 Å². The summed E-state index contributed by atoms with van der Waals surface area (Å²) in [4.78, 5) is 12.0. The Labute approximate surface area is 118 Å². The van der Waals surface area contributed by atoms with Crippen molar-refractivity contribution in [1.82, 2.24) is 5.32 Å². The lowest BCUT2D eigenvalue weighted by atomic mass is 10.1. The van der Waals surface area contributed by atoms with Gasteiger partial charge in [-0.05, 0) is 24.6 Å². The Morgan fingerprint density at radius 1 is 1.45 bits per heavy atom. The van der Waals surface area contributed by atoms with Gasteiger partial charge in [0.15, 0.2) is 11.5 Å². The highest BCUT2D eigenvalue weighted by molar-refractivity contribution is 5.78. The molecule has 0 bridgehead atoms. The maximum Gasteiger partial charge on any atom is 0.327 e. The Hall–Kier alpha value is -2.01. The van der Waals surface area contributed by atoms with E-state index in [9.17, 15) is 4.79 Å². The molecule has 1 aliphatic rings. The van der Waals surface area contributed by atoms with Gasteiger partial charge in [-0.25, -0.2) is 4.79 Å². The molecule has 0 fully saturated rings. The van der Waals surface area contributed by atoms with Crippen LogP contribution in [-0.2, 0) is 9.53 Å². The molecule has 0 amide bonds. The summed E-state index contributed by atoms with van der Waals surface area (Å²) >= 11 is 0. The molecular weight excluding hydrogens is 258 g/mol. The number of carbonyl (C=O) groups excluding carboxylic acids is 1. The van der Waals surface area contributed by atoms with Crippen molar-refractivity contribution < 1.29 is 19.0 Å². The van der Waals surface area contributed by atoms with Crippen molar-refractivity contribution in [3.05, 3.63) is 36.4 Å². The molecule has 1 heterocycles. The van der Waals surface area contributed by atoms with Gasteiger partial charge in [0.05, 0.1) is 6.61 Å². The van der Waals surface area contributed by atoms with Crippen LogP contribution in [0.15, 0.2) is 30.9 Å². The third-order valence-corrected chi connectivity index (χ3v) is 2.89. The number of carbonyl (C=O) groups is 1. The topological polar surface area (TPSA) is 56.8 Å². The summed E-state index contributed by atoms with van der Waals surface area (Å²) < 4.78 is 16.1. The second kappa shape index (κ2) is 6.96. The summed E-state index contributed by atoms with van der Waals surface area (Å²) in [5.41, 5.74) is 0.787. The molecule has 108 valence electrons. The molecule has 20 heavy (non-hydrogen) atoms. The van der Waals surface area contributed by atoms with Crippen LogP contribution in [0.5, 0.6) is 11.5 Å². The zero-order chi connectivity index (χ0) is 14.4. The standard InChI is InChI=1S/C15H19NO4/c1-3-7-16-14(15(17)18-4-2)11-5-6-12-13(10-11)20-9-8-19-12/h3,5-6,10,14,16H,1,4,7-9H2,2H3. The normalized spacial score (nSPS) is 14.4. The summed E-state index contributed by atoms with van der Waals surface area (Å²) in [6.45, 7) is 7.34. The third kappa shape index (κ3) is 3.30. The number of hydrogen-bond acceptors (Lipinski definition) is 5. The predicted octanol–water partition coefficient (Wildman–Crippen LogP) is 1.84. The summed E-state index contributed by atoms with van der Waals surface area (Å²) in [7, 11) is 0. The highest BCUT2D eigenvalue weighted by Crippen LogP contribution is 2.32. The molecular formula is C15H19NO4. The van der Waals surface area contributed by atoms with Gasteiger partial charge in [-0.15, -0.1) is 6.58 Å². The highest BCUT2D eigenvalue weighted by Gasteiger charge is 2.23. The number of benzene rings is 1. The molecule has 5 heteroatoms. The number of hydrogen-bond donors (Lipinski definition) is 1. The van der Waals surface area contributed by atoms with E-state index < -0.39 is 6.04 Å². The SMILES string of the molecule is C=CCNC(C(=O)OCC)c1ccc2c(c1)OCCO2. The van der Waals surface area contributed by atoms with Crippen LogP contribution in [0.25, 0.3) is 0 Å². The lowest BCUT2D eigenvalue weighted by Gasteiger charge is -2.21. The minimum absolute atomic E-state index is 0.314. The van der Waals surface area contributed by atoms with Crippen LogP contribution in [0.2, 0.25) is 0 Å². The molecule has 0 radical (unpaired) electrons. The average Bonchev–Trinajstić information content (AvgIpc) is 2.48. The molecule has 0 aromatic heterocycles. The van der Waals surface area contributed by atoms with Gasteiger partial charge in [-0.3, -0.25) is 5.32 Å². The molecule has 1 N–H and O–H groups in total. The number of nitrogens with one attached hydrogen (secondary N) is 1. The summed E-state index contributed by atoms with van der Waals surface area (Å²) in [6.07, 6.45) is 1.70. The van der Waals surface area contributed by atoms with E-state index in [1.165, 1.54) is 0 Å². The van der Waals surface area contributed by atoms with Crippen molar-refractivity contribution in [1.29, 1.82) is 0 Å². The Bertz CT molecular complexity index is 487. The molecule has 1 aromatic carbocycles. The van der Waals surface area contributed by atoms with Gasteiger partial charge in [0.1, 0.15) is 19.3 Å². The predicted molar refractivity (Wildman–Crippen MR) is 75.0 cm³/mol. The van der Waals surface area contributed by atoms with E-state index in [1.807, 2.05) is 18.2 Å². The number of esters is 1. The van der Waals surface area contributed by atoms with Gasteiger partial charge < -0.3 is 14.2 Å². The molecule has 1 aromatic rings. The van der Waals surface area contributed by atoms with Crippen molar-refractivity contribution >= 4 is 5.97 Å². The van der Waals surface area contributed by atoms with Crippen LogP contribution in [0, 0.1) is 0 Å². The van der Waals surface area contributed by atoms with Crippen LogP contribution >= 0.6 is 0 Å². The monoisotopic (exact) mass is 277 g/mol. The van der Waals surface area contributed by atoms with Crippen molar-refractivity contribution in [2.45, 2.75) is 13.0 Å². The van der Waals surface area contributed by atoms with Crippen LogP contribution in [-0.4, -0.2) is 32.3 Å². The van der Waals surface area contributed by atoms with Crippen LogP contribution < -0.4 is 14.8 Å². The van der Waals surface area contributed by atoms with E-state index in [2.05, 4.69) is 11.9 Å². The van der Waals surface area contributed by atoms with Gasteiger partial charge >= 0.3 is 5.97 Å². The van der Waals surface area contributed by atoms with Crippen molar-refractivity contribution in [3.8, 4) is 11.5 Å². The van der Waals surface area contributed by atoms with Crippen molar-refractivity contribution in [2.75, 3.05) is 26.4 Å². The van der Waals surface area contributed by atoms with E-state index in [-0.39, 0.29) is 5.97 Å². The minimum atomic E-state index is -0.538. The first-order valence-electron chi connectivity index (χ1n) is 6.66. The number of rotatable bonds is 6. The Balaban J connectivity index is 2.22. The van der Waals surface area contributed by atoms with Crippen LogP contribution in [0.4, 0.5) is 0 Å². The molecule has 1 atom stereocenters. The second-order valence-corrected chi connectivity index (χ2v) is 4.29. The molecule has 2 rings (SSSR count). The first-order valence-corrected chi connectivity index (χ1v) is 6.66. The fraction of sp³-hybridized carbons (Fsp3) is 0.400. The third-order valence-electron chi connectivity index (χ3n) is 2.89. The minimum Gasteiger partial charge on any atom is -0.486 e. The van der Waals surface area contributed by atoms with Crippen LogP contribution in [0.1, 0.15) is 18.5 Å². The number of fused-ring (bicyclic) bond motifs is 1. The molecule has 1 unspecified atom stereocenters. The molecule has 5 nitrogen and oxygen atoms in total. The Kier molecular flexibility index (Phi) is 5.01. The first kappa shape index (κ1) is 14.4. The molecule has 0 saturated carbocycles. The summed E-state index contributed by atoms with van der Waals surface area (Å²) in [5, 5.41) is 3.09. The Morgan fingerprint density at radius 2 is 2.20 bits per heavy atom. The quantitative estimate of drug-likeness (QED) is 0.635. The van der Waals surface area contributed by atoms with Gasteiger partial charge in [0, 0.05) is 6.54 Å². The van der Waals surface area contributed by atoms with E-state index in [4.69, 9.17) is 14.2 Å². The molecule has 0 aliphatic carbocycles. The summed E-state index contributed by atoms with van der Waals surface area (Å²) in [5.74, 6) is 1.04. The van der Waals surface area contributed by atoms with Gasteiger partial charge in [-0.1, -0.05) is 12.1 Å². The zero-order valence-corrected chi connectivity index (χ0v) is 11.6. The van der Waals surface area contributed by atoms with Crippen molar-refractivity contribution in [3.63, 3.8) is 0 Å². The van der Waals surface area contributed by atoms with Gasteiger partial charge in [0.2, 0.25) is 0 Å². The van der Waals surface area contributed by atoms with E-state index in [1.54, 1.807) is 13.0 Å². The van der Waals surface area contributed by atoms with E-state index in [0.717, 1.165) is 5.56 Å². The highest BCUT2D eigenvalue weighted by atomic mass is 16.6. The first-order chi connectivity index (χ1) is 9.76. The van der Waals surface area contributed by atoms with E-state index >= 15 is 0 Å². The maximum absolute atomic E-state index is 12.0. The lowest BCUT2D eigenvalue weighted by Crippen LogP contribution is -2.30.